The first-order valence-electron chi connectivity index (χ1n) is 5.61. The maximum atomic E-state index is 12.2. The van der Waals surface area contributed by atoms with Crippen molar-refractivity contribution in [1.82, 2.24) is 4.90 Å². The average Bonchev–Trinajstić information content (AvgIpc) is 2.83. The van der Waals surface area contributed by atoms with Gasteiger partial charge < -0.3 is 14.4 Å². The molecule has 1 aromatic rings. The molecule has 2 atom stereocenters. The van der Waals surface area contributed by atoms with Crippen LogP contribution in [0.3, 0.4) is 0 Å². The molecule has 88 valence electrons. The van der Waals surface area contributed by atoms with Crippen molar-refractivity contribution < 1.29 is 14.3 Å². The van der Waals surface area contributed by atoms with E-state index in [-0.39, 0.29) is 18.6 Å². The van der Waals surface area contributed by atoms with Crippen molar-refractivity contribution in [2.24, 2.45) is 5.92 Å². The van der Waals surface area contributed by atoms with Crippen LogP contribution in [0.15, 0.2) is 16.7 Å². The molecular weight excluding hydrogens is 206 g/mol. The number of aliphatic hydroxyl groups is 1. The molecule has 0 radical (unpaired) electrons. The van der Waals surface area contributed by atoms with Crippen LogP contribution >= 0.6 is 0 Å². The maximum absolute atomic E-state index is 12.2. The molecule has 0 bridgehead atoms. The van der Waals surface area contributed by atoms with Gasteiger partial charge in [-0.05, 0) is 25.3 Å². The summed E-state index contributed by atoms with van der Waals surface area (Å²) >= 11 is 0. The maximum Gasteiger partial charge on any atom is 0.290 e. The summed E-state index contributed by atoms with van der Waals surface area (Å²) in [6.07, 6.45) is 2.47. The summed E-state index contributed by atoms with van der Waals surface area (Å²) in [6, 6.07) is 1.71. The Hall–Kier alpha value is -1.29. The Bertz CT molecular complexity index is 385. The highest BCUT2D eigenvalue weighted by Crippen LogP contribution is 2.26. The van der Waals surface area contributed by atoms with Gasteiger partial charge in [-0.3, -0.25) is 4.79 Å². The fourth-order valence-corrected chi connectivity index (χ4v) is 2.26. The number of rotatable bonds is 2. The van der Waals surface area contributed by atoms with Crippen LogP contribution in [0.4, 0.5) is 0 Å². The number of carbonyl (C=O) groups is 1. The van der Waals surface area contributed by atoms with Crippen LogP contribution in [-0.4, -0.2) is 35.1 Å². The molecule has 2 unspecified atom stereocenters. The lowest BCUT2D eigenvalue weighted by molar-refractivity contribution is 0.0616. The zero-order valence-electron chi connectivity index (χ0n) is 9.64. The second-order valence-electron chi connectivity index (χ2n) is 4.45. The van der Waals surface area contributed by atoms with Crippen molar-refractivity contribution in [2.75, 3.05) is 13.2 Å². The van der Waals surface area contributed by atoms with Gasteiger partial charge in [0, 0.05) is 12.1 Å². The van der Waals surface area contributed by atoms with E-state index in [0.29, 0.717) is 18.2 Å². The highest BCUT2D eigenvalue weighted by atomic mass is 16.3. The van der Waals surface area contributed by atoms with Crippen molar-refractivity contribution >= 4 is 5.91 Å². The van der Waals surface area contributed by atoms with Gasteiger partial charge in [-0.1, -0.05) is 6.92 Å². The quantitative estimate of drug-likeness (QED) is 0.825. The van der Waals surface area contributed by atoms with E-state index < -0.39 is 0 Å². The Morgan fingerprint density at radius 2 is 2.44 bits per heavy atom. The van der Waals surface area contributed by atoms with Crippen LogP contribution in [-0.2, 0) is 0 Å². The SMILES string of the molecule is Cc1ccoc1C(=O)N1CCC(C)C1CO. The Labute approximate surface area is 94.9 Å². The fraction of sp³-hybridized carbons (Fsp3) is 0.583. The molecule has 0 spiro atoms. The van der Waals surface area contributed by atoms with E-state index in [4.69, 9.17) is 4.42 Å². The van der Waals surface area contributed by atoms with Gasteiger partial charge in [-0.25, -0.2) is 0 Å². The van der Waals surface area contributed by atoms with E-state index in [1.54, 1.807) is 11.0 Å². The lowest BCUT2D eigenvalue weighted by Crippen LogP contribution is -2.39. The van der Waals surface area contributed by atoms with E-state index in [1.165, 1.54) is 6.26 Å². The van der Waals surface area contributed by atoms with Crippen LogP contribution in [0.5, 0.6) is 0 Å². The van der Waals surface area contributed by atoms with E-state index >= 15 is 0 Å². The van der Waals surface area contributed by atoms with E-state index in [0.717, 1.165) is 12.0 Å². The first kappa shape index (κ1) is 11.2. The van der Waals surface area contributed by atoms with E-state index in [2.05, 4.69) is 6.92 Å². The fourth-order valence-electron chi connectivity index (χ4n) is 2.26. The molecule has 0 aliphatic carbocycles. The normalized spacial score (nSPS) is 25.1. The Kier molecular flexibility index (Phi) is 3.01. The van der Waals surface area contributed by atoms with Crippen molar-refractivity contribution in [3.8, 4) is 0 Å². The molecule has 1 aliphatic heterocycles. The molecule has 1 amide bonds. The summed E-state index contributed by atoms with van der Waals surface area (Å²) in [7, 11) is 0. The predicted molar refractivity (Wildman–Crippen MR) is 59.1 cm³/mol. The molecule has 1 aromatic heterocycles. The molecular formula is C12H17NO3. The topological polar surface area (TPSA) is 53.7 Å². The van der Waals surface area contributed by atoms with E-state index in [1.807, 2.05) is 6.92 Å². The van der Waals surface area contributed by atoms with Gasteiger partial charge in [0.05, 0.1) is 18.9 Å². The Morgan fingerprint density at radius 3 is 3.00 bits per heavy atom. The second kappa shape index (κ2) is 4.29. The second-order valence-corrected chi connectivity index (χ2v) is 4.45. The largest absolute Gasteiger partial charge is 0.459 e. The minimum atomic E-state index is -0.106. The smallest absolute Gasteiger partial charge is 0.290 e. The third-order valence-electron chi connectivity index (χ3n) is 3.39. The molecule has 2 heterocycles. The van der Waals surface area contributed by atoms with E-state index in [9.17, 15) is 9.90 Å². The minimum Gasteiger partial charge on any atom is -0.459 e. The predicted octanol–water partition coefficient (Wildman–Crippen LogP) is 1.43. The van der Waals surface area contributed by atoms with Crippen LogP contribution in [0.25, 0.3) is 0 Å². The molecule has 4 heteroatoms. The summed E-state index contributed by atoms with van der Waals surface area (Å²) in [4.78, 5) is 13.9. The van der Waals surface area contributed by atoms with Gasteiger partial charge in [0.1, 0.15) is 0 Å². The molecule has 1 aliphatic rings. The number of hydrogen-bond acceptors (Lipinski definition) is 3. The van der Waals surface area contributed by atoms with Crippen LogP contribution in [0, 0.1) is 12.8 Å². The summed E-state index contributed by atoms with van der Waals surface area (Å²) in [5.41, 5.74) is 0.848. The molecule has 0 saturated carbocycles. The third kappa shape index (κ3) is 1.73. The number of likely N-dealkylation sites (tertiary alicyclic amines) is 1. The highest BCUT2D eigenvalue weighted by Gasteiger charge is 2.35. The number of aliphatic hydroxyl groups excluding tert-OH is 1. The summed E-state index contributed by atoms with van der Waals surface area (Å²) in [5, 5.41) is 9.30. The summed E-state index contributed by atoms with van der Waals surface area (Å²) in [5.74, 6) is 0.641. The molecule has 2 rings (SSSR count). The van der Waals surface area contributed by atoms with Crippen molar-refractivity contribution in [3.05, 3.63) is 23.7 Å². The standard InChI is InChI=1S/C12H17NO3/c1-8-3-5-13(10(8)7-14)12(15)11-9(2)4-6-16-11/h4,6,8,10,14H,3,5,7H2,1-2H3. The number of amides is 1. The van der Waals surface area contributed by atoms with Crippen LogP contribution in [0.2, 0.25) is 0 Å². The molecule has 1 N–H and O–H groups in total. The number of carbonyl (C=O) groups excluding carboxylic acids is 1. The minimum absolute atomic E-state index is 0.0205. The summed E-state index contributed by atoms with van der Waals surface area (Å²) in [6.45, 7) is 4.63. The van der Waals surface area contributed by atoms with Crippen LogP contribution < -0.4 is 0 Å². The van der Waals surface area contributed by atoms with Gasteiger partial charge in [-0.15, -0.1) is 0 Å². The Morgan fingerprint density at radius 1 is 1.69 bits per heavy atom. The van der Waals surface area contributed by atoms with Crippen molar-refractivity contribution in [2.45, 2.75) is 26.3 Å². The van der Waals surface area contributed by atoms with Gasteiger partial charge in [-0.2, -0.15) is 0 Å². The molecule has 1 fully saturated rings. The monoisotopic (exact) mass is 223 g/mol. The zero-order valence-corrected chi connectivity index (χ0v) is 9.64. The Balaban J connectivity index is 2.20. The number of aryl methyl sites for hydroxylation is 1. The highest BCUT2D eigenvalue weighted by molar-refractivity contribution is 5.93. The molecule has 1 saturated heterocycles. The molecule has 16 heavy (non-hydrogen) atoms. The first-order valence-corrected chi connectivity index (χ1v) is 5.61. The third-order valence-corrected chi connectivity index (χ3v) is 3.39. The summed E-state index contributed by atoms with van der Waals surface area (Å²) < 4.78 is 5.19. The average molecular weight is 223 g/mol. The van der Waals surface area contributed by atoms with Gasteiger partial charge >= 0.3 is 0 Å². The van der Waals surface area contributed by atoms with Crippen molar-refractivity contribution in [3.63, 3.8) is 0 Å². The lowest BCUT2D eigenvalue weighted by Gasteiger charge is -2.24. The lowest BCUT2D eigenvalue weighted by atomic mass is 10.0. The molecule has 4 nitrogen and oxygen atoms in total. The van der Waals surface area contributed by atoms with Gasteiger partial charge in [0.2, 0.25) is 0 Å². The van der Waals surface area contributed by atoms with Crippen LogP contribution in [0.1, 0.15) is 29.5 Å². The number of hydrogen-bond donors (Lipinski definition) is 1. The zero-order chi connectivity index (χ0) is 11.7. The molecule has 0 aromatic carbocycles. The van der Waals surface area contributed by atoms with Gasteiger partial charge in [0.15, 0.2) is 5.76 Å². The number of furan rings is 1. The van der Waals surface area contributed by atoms with Gasteiger partial charge in [0.25, 0.3) is 5.91 Å². The number of nitrogens with zero attached hydrogens (tertiary/aromatic N) is 1. The first-order chi connectivity index (χ1) is 7.65. The van der Waals surface area contributed by atoms with Crippen molar-refractivity contribution in [1.29, 1.82) is 0 Å².